The van der Waals surface area contributed by atoms with Gasteiger partial charge in [-0.15, -0.1) is 0 Å². The lowest BCUT2D eigenvalue weighted by Gasteiger charge is -2.16. The molecule has 6 aromatic rings. The fraction of sp³-hybridized carbons (Fsp3) is 0.0698. The summed E-state index contributed by atoms with van der Waals surface area (Å²) in [6.45, 7) is 2.88. The van der Waals surface area contributed by atoms with Gasteiger partial charge in [0.2, 0.25) is 0 Å². The minimum absolute atomic E-state index is 0.0875. The average molecular weight is 675 g/mol. The lowest BCUT2D eigenvalue weighted by molar-refractivity contribution is -0.112. The SMILES string of the molecule is CC(F)(F)c1ccc(N=C2C(=O)N(c3ccccc3)c3ccccc32)cc1.Cc1ccc(N=C2C(=O)N(c3ccccc3)c3ccccc32)cc1. The zero-order chi connectivity index (χ0) is 35.5. The fourth-order valence-electron chi connectivity index (χ4n) is 5.99. The van der Waals surface area contributed by atoms with E-state index in [1.807, 2.05) is 140 Å². The molecule has 0 spiro atoms. The number of aliphatic imine (C=N–C) groups is 2. The normalized spacial score (nSPS) is 15.1. The monoisotopic (exact) mass is 674 g/mol. The van der Waals surface area contributed by atoms with Gasteiger partial charge in [-0.25, -0.2) is 18.8 Å². The molecule has 6 aromatic carbocycles. The first-order valence-corrected chi connectivity index (χ1v) is 16.4. The van der Waals surface area contributed by atoms with E-state index < -0.39 is 5.92 Å². The number of anilines is 4. The topological polar surface area (TPSA) is 65.3 Å². The number of para-hydroxylation sites is 4. The van der Waals surface area contributed by atoms with Crippen LogP contribution in [-0.2, 0) is 15.5 Å². The summed E-state index contributed by atoms with van der Waals surface area (Å²) in [6.07, 6.45) is 0. The summed E-state index contributed by atoms with van der Waals surface area (Å²) in [7, 11) is 0. The van der Waals surface area contributed by atoms with Crippen LogP contribution < -0.4 is 9.80 Å². The Morgan fingerprint density at radius 2 is 0.863 bits per heavy atom. The Hall–Kier alpha value is -6.54. The third kappa shape index (κ3) is 6.72. The van der Waals surface area contributed by atoms with Gasteiger partial charge in [0.15, 0.2) is 0 Å². The molecule has 0 atom stereocenters. The van der Waals surface area contributed by atoms with Crippen LogP contribution in [0.1, 0.15) is 29.2 Å². The second-order valence-electron chi connectivity index (χ2n) is 12.2. The maximum absolute atomic E-state index is 13.4. The molecule has 2 amide bonds. The maximum atomic E-state index is 13.4. The number of aryl methyl sites for hydroxylation is 1. The van der Waals surface area contributed by atoms with E-state index in [-0.39, 0.29) is 17.4 Å². The molecule has 0 radical (unpaired) electrons. The van der Waals surface area contributed by atoms with Crippen molar-refractivity contribution in [2.75, 3.05) is 9.80 Å². The zero-order valence-corrected chi connectivity index (χ0v) is 27.9. The second kappa shape index (κ2) is 13.8. The standard InChI is InChI=1S/C22H16F2N2O.C21H16N2O/c1-22(23,24)15-11-13-16(14-12-15)25-20-18-9-5-6-10-19(18)26(21(20)27)17-7-3-2-4-8-17;1-15-11-13-16(14-12-15)22-20-18-9-5-6-10-19(18)23(21(20)24)17-7-3-2-4-8-17/h2-14H,1H3;2-14H,1H3. The number of amides is 2. The van der Waals surface area contributed by atoms with E-state index in [0.717, 1.165) is 46.5 Å². The predicted molar refractivity (Wildman–Crippen MR) is 200 cm³/mol. The van der Waals surface area contributed by atoms with Gasteiger partial charge in [0.1, 0.15) is 11.4 Å². The largest absolute Gasteiger partial charge is 0.282 e. The lowest BCUT2D eigenvalue weighted by atomic mass is 10.1. The molecule has 0 saturated carbocycles. The molecule has 2 aliphatic heterocycles. The predicted octanol–water partition coefficient (Wildman–Crippen LogP) is 10.4. The van der Waals surface area contributed by atoms with E-state index in [0.29, 0.717) is 17.1 Å². The van der Waals surface area contributed by atoms with Crippen molar-refractivity contribution >= 4 is 57.4 Å². The number of carbonyl (C=O) groups is 2. The highest BCUT2D eigenvalue weighted by Gasteiger charge is 2.36. The van der Waals surface area contributed by atoms with Crippen molar-refractivity contribution in [1.82, 2.24) is 0 Å². The van der Waals surface area contributed by atoms with E-state index in [2.05, 4.69) is 9.98 Å². The van der Waals surface area contributed by atoms with Gasteiger partial charge in [0.05, 0.1) is 22.7 Å². The molecule has 51 heavy (non-hydrogen) atoms. The van der Waals surface area contributed by atoms with Gasteiger partial charge in [-0.2, -0.15) is 0 Å². The molecule has 8 heteroatoms. The Morgan fingerprint density at radius 3 is 1.27 bits per heavy atom. The number of rotatable bonds is 5. The highest BCUT2D eigenvalue weighted by atomic mass is 19.3. The molecular weight excluding hydrogens is 642 g/mol. The first-order valence-electron chi connectivity index (χ1n) is 16.4. The van der Waals surface area contributed by atoms with E-state index >= 15 is 0 Å². The lowest BCUT2D eigenvalue weighted by Crippen LogP contribution is -2.25. The van der Waals surface area contributed by atoms with Crippen LogP contribution in [0, 0.1) is 6.92 Å². The summed E-state index contributed by atoms with van der Waals surface area (Å²) >= 11 is 0. The van der Waals surface area contributed by atoms with E-state index in [1.54, 1.807) is 9.80 Å². The number of hydrogen-bond donors (Lipinski definition) is 0. The molecule has 0 N–H and O–H groups in total. The van der Waals surface area contributed by atoms with Crippen molar-refractivity contribution in [2.24, 2.45) is 9.98 Å². The number of halogens is 2. The molecule has 0 fully saturated rings. The number of alkyl halides is 2. The Balaban J connectivity index is 0.000000160. The van der Waals surface area contributed by atoms with Crippen molar-refractivity contribution in [1.29, 1.82) is 0 Å². The van der Waals surface area contributed by atoms with Crippen LogP contribution in [0.3, 0.4) is 0 Å². The fourth-order valence-corrected chi connectivity index (χ4v) is 5.99. The van der Waals surface area contributed by atoms with Gasteiger partial charge >= 0.3 is 0 Å². The van der Waals surface area contributed by atoms with Crippen molar-refractivity contribution in [2.45, 2.75) is 19.8 Å². The first-order chi connectivity index (χ1) is 24.7. The molecule has 250 valence electrons. The maximum Gasteiger partial charge on any atom is 0.282 e. The highest BCUT2D eigenvalue weighted by molar-refractivity contribution is 6.56. The molecule has 6 nitrogen and oxygen atoms in total. The minimum Gasteiger partial charge on any atom is -0.275 e. The first kappa shape index (κ1) is 33.0. The Labute approximate surface area is 294 Å². The van der Waals surface area contributed by atoms with Crippen molar-refractivity contribution in [3.05, 3.63) is 180 Å². The summed E-state index contributed by atoms with van der Waals surface area (Å²) in [4.78, 5) is 38.5. The third-order valence-electron chi connectivity index (χ3n) is 8.53. The summed E-state index contributed by atoms with van der Waals surface area (Å²) in [5, 5.41) is 0. The van der Waals surface area contributed by atoms with Gasteiger partial charge in [-0.05, 0) is 67.6 Å². The second-order valence-corrected chi connectivity index (χ2v) is 12.2. The van der Waals surface area contributed by atoms with Crippen LogP contribution in [-0.4, -0.2) is 23.2 Å². The molecule has 8 rings (SSSR count). The summed E-state index contributed by atoms with van der Waals surface area (Å²) in [6, 6.07) is 47.7. The van der Waals surface area contributed by atoms with Gasteiger partial charge < -0.3 is 0 Å². The zero-order valence-electron chi connectivity index (χ0n) is 27.9. The molecular formula is C43H32F2N4O2. The smallest absolute Gasteiger partial charge is 0.275 e. The molecule has 2 heterocycles. The number of nitrogens with zero attached hydrogens (tertiary/aromatic N) is 4. The molecule has 0 aromatic heterocycles. The van der Waals surface area contributed by atoms with Crippen molar-refractivity contribution in [3.63, 3.8) is 0 Å². The Morgan fingerprint density at radius 1 is 0.490 bits per heavy atom. The van der Waals surface area contributed by atoms with Crippen LogP contribution in [0.15, 0.2) is 168 Å². The Bertz CT molecular complexity index is 2280. The van der Waals surface area contributed by atoms with Crippen LogP contribution in [0.2, 0.25) is 0 Å². The van der Waals surface area contributed by atoms with Gasteiger partial charge in [0, 0.05) is 35.0 Å². The molecule has 0 unspecified atom stereocenters. The molecule has 0 aliphatic carbocycles. The van der Waals surface area contributed by atoms with Crippen molar-refractivity contribution < 1.29 is 18.4 Å². The highest BCUT2D eigenvalue weighted by Crippen LogP contribution is 2.38. The van der Waals surface area contributed by atoms with Crippen LogP contribution in [0.25, 0.3) is 0 Å². The third-order valence-corrected chi connectivity index (χ3v) is 8.53. The Kier molecular flexibility index (Phi) is 8.90. The van der Waals surface area contributed by atoms with Crippen LogP contribution >= 0.6 is 0 Å². The minimum atomic E-state index is -2.91. The van der Waals surface area contributed by atoms with Gasteiger partial charge in [-0.3, -0.25) is 19.4 Å². The summed E-state index contributed by atoms with van der Waals surface area (Å²) in [5.41, 5.74) is 7.92. The van der Waals surface area contributed by atoms with Gasteiger partial charge in [0.25, 0.3) is 17.7 Å². The van der Waals surface area contributed by atoms with Crippen molar-refractivity contribution in [3.8, 4) is 0 Å². The van der Waals surface area contributed by atoms with E-state index in [4.69, 9.17) is 0 Å². The molecule has 0 bridgehead atoms. The van der Waals surface area contributed by atoms with Crippen LogP contribution in [0.5, 0.6) is 0 Å². The average Bonchev–Trinajstić information content (AvgIpc) is 3.59. The quantitative estimate of drug-likeness (QED) is 0.183. The molecule has 0 saturated heterocycles. The summed E-state index contributed by atoms with van der Waals surface area (Å²) in [5.74, 6) is -3.25. The number of fused-ring (bicyclic) bond motifs is 2. The van der Waals surface area contributed by atoms with Gasteiger partial charge in [-0.1, -0.05) is 103 Å². The van der Waals surface area contributed by atoms with Crippen LogP contribution in [0.4, 0.5) is 42.9 Å². The van der Waals surface area contributed by atoms with E-state index in [9.17, 15) is 18.4 Å². The number of carbonyl (C=O) groups excluding carboxylic acids is 2. The van der Waals surface area contributed by atoms with E-state index in [1.165, 1.54) is 29.8 Å². The molecule has 2 aliphatic rings. The number of benzene rings is 6. The summed E-state index contributed by atoms with van der Waals surface area (Å²) < 4.78 is 26.8. The number of hydrogen-bond acceptors (Lipinski definition) is 4.